The number of halogens is 1. The number of rotatable bonds is 3. The molecule has 1 atom stereocenters. The zero-order valence-electron chi connectivity index (χ0n) is 10.2. The van der Waals surface area contributed by atoms with Crippen LogP contribution in [0.25, 0.3) is 0 Å². The summed E-state index contributed by atoms with van der Waals surface area (Å²) >= 11 is 7.60. The van der Waals surface area contributed by atoms with Crippen molar-refractivity contribution in [3.8, 4) is 0 Å². The summed E-state index contributed by atoms with van der Waals surface area (Å²) in [4.78, 5) is 23.0. The molecule has 1 fully saturated rings. The lowest BCUT2D eigenvalue weighted by Crippen LogP contribution is -2.27. The lowest BCUT2D eigenvalue weighted by atomic mass is 10.1. The summed E-state index contributed by atoms with van der Waals surface area (Å²) in [5.74, 6) is -0.158. The van der Waals surface area contributed by atoms with Gasteiger partial charge in [0.25, 0.3) is 0 Å². The zero-order valence-corrected chi connectivity index (χ0v) is 11.8. The third-order valence-electron chi connectivity index (χ3n) is 2.94. The van der Waals surface area contributed by atoms with Gasteiger partial charge in [-0.25, -0.2) is 4.79 Å². The van der Waals surface area contributed by atoms with Crippen molar-refractivity contribution in [1.29, 1.82) is 0 Å². The number of amides is 1. The summed E-state index contributed by atoms with van der Waals surface area (Å²) in [6.45, 7) is 0. The van der Waals surface area contributed by atoms with Crippen molar-refractivity contribution >= 4 is 40.9 Å². The number of anilines is 1. The fourth-order valence-electron chi connectivity index (χ4n) is 1.91. The smallest absolute Gasteiger partial charge is 0.335 e. The second-order valence-corrected chi connectivity index (χ2v) is 6.06. The summed E-state index contributed by atoms with van der Waals surface area (Å²) in [6, 6.07) is 4.28. The number of carbonyl (C=O) groups excluding carboxylic acids is 1. The highest BCUT2D eigenvalue weighted by Gasteiger charge is 2.22. The Morgan fingerprint density at radius 1 is 1.37 bits per heavy atom. The molecule has 102 valence electrons. The van der Waals surface area contributed by atoms with Crippen molar-refractivity contribution in [3.05, 3.63) is 28.8 Å². The maximum absolute atomic E-state index is 12.1. The van der Waals surface area contributed by atoms with Crippen LogP contribution in [0, 0.1) is 0 Å². The van der Waals surface area contributed by atoms with Gasteiger partial charge in [0, 0.05) is 0 Å². The van der Waals surface area contributed by atoms with Crippen molar-refractivity contribution in [2.45, 2.75) is 24.5 Å². The summed E-state index contributed by atoms with van der Waals surface area (Å²) in [6.07, 6.45) is 3.05. The molecule has 0 aromatic heterocycles. The predicted molar refractivity (Wildman–Crippen MR) is 77.1 cm³/mol. The molecule has 4 nitrogen and oxygen atoms in total. The van der Waals surface area contributed by atoms with E-state index in [0.717, 1.165) is 25.0 Å². The van der Waals surface area contributed by atoms with Crippen molar-refractivity contribution in [1.82, 2.24) is 0 Å². The number of hydrogen-bond acceptors (Lipinski definition) is 3. The normalized spacial score (nSPS) is 18.9. The van der Waals surface area contributed by atoms with Crippen molar-refractivity contribution in [3.63, 3.8) is 0 Å². The Hall–Kier alpha value is -1.20. The van der Waals surface area contributed by atoms with Gasteiger partial charge in [-0.3, -0.25) is 4.79 Å². The van der Waals surface area contributed by atoms with Gasteiger partial charge in [-0.05, 0) is 36.8 Å². The maximum atomic E-state index is 12.1. The molecular formula is C13H14ClNO3S. The van der Waals surface area contributed by atoms with Gasteiger partial charge in [0.2, 0.25) is 5.91 Å². The van der Waals surface area contributed by atoms with Crippen LogP contribution in [0.2, 0.25) is 5.02 Å². The topological polar surface area (TPSA) is 66.4 Å². The van der Waals surface area contributed by atoms with E-state index in [0.29, 0.717) is 10.7 Å². The standard InChI is InChI=1S/C13H14ClNO3S/c14-9-5-4-8(13(17)18)7-10(9)15-12(16)11-3-1-2-6-19-11/h4-5,7,11H,1-3,6H2,(H,15,16)(H,17,18). The van der Waals surface area contributed by atoms with Gasteiger partial charge in [0.05, 0.1) is 21.5 Å². The Morgan fingerprint density at radius 2 is 2.16 bits per heavy atom. The van der Waals surface area contributed by atoms with Gasteiger partial charge >= 0.3 is 5.97 Å². The molecule has 1 aromatic carbocycles. The van der Waals surface area contributed by atoms with Crippen LogP contribution in [-0.2, 0) is 4.79 Å². The molecule has 0 radical (unpaired) electrons. The van der Waals surface area contributed by atoms with Gasteiger partial charge in [0.1, 0.15) is 0 Å². The van der Waals surface area contributed by atoms with E-state index in [4.69, 9.17) is 16.7 Å². The first-order valence-electron chi connectivity index (χ1n) is 6.03. The van der Waals surface area contributed by atoms with E-state index < -0.39 is 5.97 Å². The molecule has 1 saturated heterocycles. The first-order chi connectivity index (χ1) is 9.08. The number of benzene rings is 1. The molecule has 1 aromatic rings. The molecule has 0 aliphatic carbocycles. The molecule has 6 heteroatoms. The fraction of sp³-hybridized carbons (Fsp3) is 0.385. The molecule has 19 heavy (non-hydrogen) atoms. The number of thioether (sulfide) groups is 1. The van der Waals surface area contributed by atoms with Crippen LogP contribution in [0.5, 0.6) is 0 Å². The molecule has 1 aliphatic heterocycles. The van der Waals surface area contributed by atoms with Gasteiger partial charge < -0.3 is 10.4 Å². The summed E-state index contributed by atoms with van der Waals surface area (Å²) < 4.78 is 0. The average Bonchev–Trinajstić information content (AvgIpc) is 2.42. The van der Waals surface area contributed by atoms with Crippen LogP contribution >= 0.6 is 23.4 Å². The van der Waals surface area contributed by atoms with E-state index in [1.54, 1.807) is 11.8 Å². The number of carbonyl (C=O) groups is 2. The van der Waals surface area contributed by atoms with Crippen LogP contribution in [0.3, 0.4) is 0 Å². The molecular weight excluding hydrogens is 286 g/mol. The number of hydrogen-bond donors (Lipinski definition) is 2. The quantitative estimate of drug-likeness (QED) is 0.899. The highest BCUT2D eigenvalue weighted by molar-refractivity contribution is 8.00. The van der Waals surface area contributed by atoms with Crippen LogP contribution in [0.15, 0.2) is 18.2 Å². The first-order valence-corrected chi connectivity index (χ1v) is 7.46. The second-order valence-electron chi connectivity index (χ2n) is 4.34. The molecule has 1 heterocycles. The maximum Gasteiger partial charge on any atom is 0.335 e. The molecule has 2 N–H and O–H groups in total. The minimum atomic E-state index is -1.04. The van der Waals surface area contributed by atoms with Gasteiger partial charge in [-0.2, -0.15) is 0 Å². The largest absolute Gasteiger partial charge is 0.478 e. The van der Waals surface area contributed by atoms with E-state index in [2.05, 4.69) is 5.32 Å². The monoisotopic (exact) mass is 299 g/mol. The third-order valence-corrected chi connectivity index (χ3v) is 4.65. The fourth-order valence-corrected chi connectivity index (χ4v) is 3.28. The minimum absolute atomic E-state index is 0.0710. The Morgan fingerprint density at radius 3 is 2.79 bits per heavy atom. The minimum Gasteiger partial charge on any atom is -0.478 e. The van der Waals surface area contributed by atoms with E-state index in [1.807, 2.05) is 0 Å². The van der Waals surface area contributed by atoms with Crippen LogP contribution in [-0.4, -0.2) is 28.0 Å². The number of aromatic carboxylic acids is 1. The van der Waals surface area contributed by atoms with Crippen molar-refractivity contribution in [2.75, 3.05) is 11.1 Å². The lowest BCUT2D eigenvalue weighted by molar-refractivity contribution is -0.115. The Labute approximate surface area is 120 Å². The molecule has 0 spiro atoms. The van der Waals surface area contributed by atoms with E-state index in [1.165, 1.54) is 18.2 Å². The van der Waals surface area contributed by atoms with Crippen molar-refractivity contribution in [2.24, 2.45) is 0 Å². The summed E-state index contributed by atoms with van der Waals surface area (Å²) in [7, 11) is 0. The third kappa shape index (κ3) is 3.64. The molecule has 2 rings (SSSR count). The van der Waals surface area contributed by atoms with Crippen molar-refractivity contribution < 1.29 is 14.7 Å². The first kappa shape index (κ1) is 14.2. The Balaban J connectivity index is 2.11. The van der Waals surface area contributed by atoms with E-state index in [9.17, 15) is 9.59 Å². The van der Waals surface area contributed by atoms with Crippen LogP contribution in [0.1, 0.15) is 29.6 Å². The Bertz CT molecular complexity index is 501. The number of carboxylic acids is 1. The number of carboxylic acid groups (broad SMARTS) is 1. The SMILES string of the molecule is O=C(O)c1ccc(Cl)c(NC(=O)C2CCCCS2)c1. The Kier molecular flexibility index (Phi) is 4.71. The lowest BCUT2D eigenvalue weighted by Gasteiger charge is -2.20. The van der Waals surface area contributed by atoms with E-state index >= 15 is 0 Å². The highest BCUT2D eigenvalue weighted by Crippen LogP contribution is 2.28. The summed E-state index contributed by atoms with van der Waals surface area (Å²) in [5, 5.41) is 11.9. The average molecular weight is 300 g/mol. The molecule has 0 saturated carbocycles. The zero-order chi connectivity index (χ0) is 13.8. The van der Waals surface area contributed by atoms with Gasteiger partial charge in [-0.15, -0.1) is 11.8 Å². The van der Waals surface area contributed by atoms with Crippen LogP contribution in [0.4, 0.5) is 5.69 Å². The number of nitrogens with one attached hydrogen (secondary N) is 1. The van der Waals surface area contributed by atoms with Crippen LogP contribution < -0.4 is 5.32 Å². The van der Waals surface area contributed by atoms with Gasteiger partial charge in [0.15, 0.2) is 0 Å². The van der Waals surface area contributed by atoms with E-state index in [-0.39, 0.29) is 16.7 Å². The predicted octanol–water partition coefficient (Wildman–Crippen LogP) is 3.26. The highest BCUT2D eigenvalue weighted by atomic mass is 35.5. The molecule has 0 bridgehead atoms. The molecule has 1 amide bonds. The molecule has 1 aliphatic rings. The molecule has 1 unspecified atom stereocenters. The second kappa shape index (κ2) is 6.30. The van der Waals surface area contributed by atoms with Gasteiger partial charge in [-0.1, -0.05) is 18.0 Å². The summed E-state index contributed by atoms with van der Waals surface area (Å²) in [5.41, 5.74) is 0.466.